The molecule has 238 valence electrons. The van der Waals surface area contributed by atoms with Gasteiger partial charge in [-0.2, -0.15) is 0 Å². The highest BCUT2D eigenvalue weighted by atomic mass is 28.4. The maximum Gasteiger partial charge on any atom is 0.261 e. The van der Waals surface area contributed by atoms with E-state index < -0.39 is 14.1 Å². The van der Waals surface area contributed by atoms with Gasteiger partial charge in [-0.3, -0.25) is 0 Å². The Morgan fingerprint density at radius 2 is 1.45 bits per heavy atom. The summed E-state index contributed by atoms with van der Waals surface area (Å²) in [6.07, 6.45) is 6.05. The van der Waals surface area contributed by atoms with Gasteiger partial charge in [-0.05, 0) is 66.7 Å². The Morgan fingerprint density at radius 1 is 0.864 bits per heavy atom. The molecule has 3 aromatic carbocycles. The molecule has 3 aromatic rings. The van der Waals surface area contributed by atoms with Crippen molar-refractivity contribution in [2.75, 3.05) is 13.7 Å². The average molecular weight is 617 g/mol. The van der Waals surface area contributed by atoms with Crippen molar-refractivity contribution in [3.8, 4) is 5.75 Å². The van der Waals surface area contributed by atoms with Gasteiger partial charge in [0.15, 0.2) is 5.79 Å². The molecule has 0 aromatic heterocycles. The van der Waals surface area contributed by atoms with Gasteiger partial charge < -0.3 is 23.4 Å². The summed E-state index contributed by atoms with van der Waals surface area (Å²) >= 11 is 0. The molecule has 0 amide bonds. The Morgan fingerprint density at radius 3 is 2.00 bits per heavy atom. The van der Waals surface area contributed by atoms with Gasteiger partial charge in [0.1, 0.15) is 5.75 Å². The second-order valence-corrected chi connectivity index (χ2v) is 17.7. The van der Waals surface area contributed by atoms with E-state index in [-0.39, 0.29) is 29.3 Å². The van der Waals surface area contributed by atoms with Crippen LogP contribution in [0.25, 0.3) is 0 Å². The monoisotopic (exact) mass is 616 g/mol. The summed E-state index contributed by atoms with van der Waals surface area (Å²) < 4.78 is 31.4. The normalized spacial score (nSPS) is 20.1. The molecule has 5 nitrogen and oxygen atoms in total. The lowest BCUT2D eigenvalue weighted by Gasteiger charge is -2.43. The van der Waals surface area contributed by atoms with Gasteiger partial charge in [0.25, 0.3) is 8.32 Å². The SMILES string of the molecule is COc1ccc(CO[C@H](C)C/C=C\C(C)[C@H]2OC(C)(C)O[C@H]2CCO[Si](c2ccccc2)(c2ccccc2)C(C)(C)C)cc1. The summed E-state index contributed by atoms with van der Waals surface area (Å²) in [6.45, 7) is 16.5. The molecule has 6 heteroatoms. The van der Waals surface area contributed by atoms with Crippen LogP contribution in [0.3, 0.4) is 0 Å². The van der Waals surface area contributed by atoms with Crippen molar-refractivity contribution in [2.45, 2.75) is 97.1 Å². The predicted octanol–water partition coefficient (Wildman–Crippen LogP) is 7.67. The van der Waals surface area contributed by atoms with E-state index in [4.69, 9.17) is 23.4 Å². The molecule has 0 aliphatic carbocycles. The second kappa shape index (κ2) is 15.0. The highest BCUT2D eigenvalue weighted by Gasteiger charge is 2.50. The summed E-state index contributed by atoms with van der Waals surface area (Å²) in [5.74, 6) is 0.403. The Bertz CT molecular complexity index is 1260. The van der Waals surface area contributed by atoms with E-state index in [0.717, 1.165) is 24.2 Å². The van der Waals surface area contributed by atoms with Crippen LogP contribution in [0, 0.1) is 5.92 Å². The number of methoxy groups -OCH3 is 1. The molecule has 0 bridgehead atoms. The van der Waals surface area contributed by atoms with Crippen molar-refractivity contribution in [2.24, 2.45) is 5.92 Å². The fraction of sp³-hybridized carbons (Fsp3) is 0.474. The van der Waals surface area contributed by atoms with E-state index in [2.05, 4.69) is 107 Å². The highest BCUT2D eigenvalue weighted by Crippen LogP contribution is 2.38. The third kappa shape index (κ3) is 8.49. The minimum absolute atomic E-state index is 0.0560. The maximum absolute atomic E-state index is 7.18. The number of ether oxygens (including phenoxy) is 4. The molecule has 1 aliphatic heterocycles. The van der Waals surface area contributed by atoms with Crippen LogP contribution in [0.2, 0.25) is 5.04 Å². The fourth-order valence-electron chi connectivity index (χ4n) is 6.24. The van der Waals surface area contributed by atoms with Crippen LogP contribution in [0.5, 0.6) is 5.75 Å². The molecule has 1 unspecified atom stereocenters. The van der Waals surface area contributed by atoms with E-state index in [0.29, 0.717) is 13.2 Å². The third-order valence-corrected chi connectivity index (χ3v) is 13.5. The van der Waals surface area contributed by atoms with Gasteiger partial charge in [0.2, 0.25) is 0 Å². The van der Waals surface area contributed by atoms with E-state index in [1.54, 1.807) is 7.11 Å². The van der Waals surface area contributed by atoms with Crippen LogP contribution in [-0.2, 0) is 25.2 Å². The summed E-state index contributed by atoms with van der Waals surface area (Å²) in [6, 6.07) is 29.6. The first-order valence-corrected chi connectivity index (χ1v) is 17.9. The molecule has 44 heavy (non-hydrogen) atoms. The lowest BCUT2D eigenvalue weighted by atomic mass is 9.97. The minimum atomic E-state index is -2.61. The minimum Gasteiger partial charge on any atom is -0.497 e. The van der Waals surface area contributed by atoms with Gasteiger partial charge in [-0.25, -0.2) is 0 Å². The first kappa shape index (κ1) is 34.1. The lowest BCUT2D eigenvalue weighted by molar-refractivity contribution is -0.149. The molecule has 1 aliphatic rings. The van der Waals surface area contributed by atoms with Gasteiger partial charge in [-0.1, -0.05) is 113 Å². The molecular weight excluding hydrogens is 564 g/mol. The molecule has 1 saturated heterocycles. The first-order valence-electron chi connectivity index (χ1n) is 16.0. The number of benzene rings is 3. The Balaban J connectivity index is 1.40. The van der Waals surface area contributed by atoms with Gasteiger partial charge in [0, 0.05) is 12.5 Å². The van der Waals surface area contributed by atoms with Crippen LogP contribution in [0.1, 0.15) is 66.9 Å². The Hall–Kier alpha value is -2.74. The molecule has 0 saturated carbocycles. The van der Waals surface area contributed by atoms with Crippen LogP contribution < -0.4 is 15.1 Å². The van der Waals surface area contributed by atoms with Crippen molar-refractivity contribution in [3.63, 3.8) is 0 Å². The zero-order valence-electron chi connectivity index (χ0n) is 27.9. The summed E-state index contributed by atoms with van der Waals surface area (Å²) in [4.78, 5) is 0. The van der Waals surface area contributed by atoms with Crippen molar-refractivity contribution >= 4 is 18.7 Å². The highest BCUT2D eigenvalue weighted by molar-refractivity contribution is 6.99. The van der Waals surface area contributed by atoms with E-state index in [1.165, 1.54) is 10.4 Å². The van der Waals surface area contributed by atoms with Crippen LogP contribution in [0.15, 0.2) is 97.1 Å². The van der Waals surface area contributed by atoms with E-state index >= 15 is 0 Å². The fourth-order valence-corrected chi connectivity index (χ4v) is 10.8. The van der Waals surface area contributed by atoms with Crippen molar-refractivity contribution < 1.29 is 23.4 Å². The van der Waals surface area contributed by atoms with Gasteiger partial charge in [0.05, 0.1) is 32.0 Å². The molecule has 1 fully saturated rings. The Labute approximate surface area is 266 Å². The zero-order chi connectivity index (χ0) is 31.8. The Kier molecular flexibility index (Phi) is 11.7. The standard InChI is InChI=1S/C38H52O5Si/c1-29(16-15-17-30(2)40-28-31-22-24-32(39-8)25-23-31)36-35(42-38(6,7)43-36)26-27-41-44(37(3,4)5,33-18-11-9-12-19-33)34-20-13-10-14-21-34/h9-16,18-25,29-30,35-36H,17,26-28H2,1-8H3/b16-15-/t29?,30-,35+,36-/m1/s1. The summed E-state index contributed by atoms with van der Waals surface area (Å²) in [5.41, 5.74) is 1.14. The van der Waals surface area contributed by atoms with E-state index in [1.807, 2.05) is 38.1 Å². The van der Waals surface area contributed by atoms with Crippen LogP contribution in [0.4, 0.5) is 0 Å². The molecular formula is C38H52O5Si. The lowest BCUT2D eigenvalue weighted by Crippen LogP contribution is -2.66. The molecule has 4 atom stereocenters. The van der Waals surface area contributed by atoms with Crippen molar-refractivity contribution in [3.05, 3.63) is 103 Å². The topological polar surface area (TPSA) is 46.2 Å². The molecule has 0 radical (unpaired) electrons. The van der Waals surface area contributed by atoms with Crippen LogP contribution in [-0.4, -0.2) is 46.1 Å². The van der Waals surface area contributed by atoms with Crippen molar-refractivity contribution in [1.82, 2.24) is 0 Å². The number of rotatable bonds is 14. The predicted molar refractivity (Wildman–Crippen MR) is 182 cm³/mol. The van der Waals surface area contributed by atoms with Crippen LogP contribution >= 0.6 is 0 Å². The summed E-state index contributed by atoms with van der Waals surface area (Å²) in [7, 11) is -0.929. The molecule has 1 heterocycles. The largest absolute Gasteiger partial charge is 0.497 e. The second-order valence-electron chi connectivity index (χ2n) is 13.4. The van der Waals surface area contributed by atoms with Gasteiger partial charge >= 0.3 is 0 Å². The molecule has 0 spiro atoms. The zero-order valence-corrected chi connectivity index (χ0v) is 28.9. The number of hydrogen-bond donors (Lipinski definition) is 0. The molecule has 4 rings (SSSR count). The van der Waals surface area contributed by atoms with E-state index in [9.17, 15) is 0 Å². The molecule has 0 N–H and O–H groups in total. The average Bonchev–Trinajstić information content (AvgIpc) is 3.32. The quantitative estimate of drug-likeness (QED) is 0.137. The summed E-state index contributed by atoms with van der Waals surface area (Å²) in [5, 5.41) is 2.52. The smallest absolute Gasteiger partial charge is 0.261 e. The number of hydrogen-bond acceptors (Lipinski definition) is 5. The van der Waals surface area contributed by atoms with Gasteiger partial charge in [-0.15, -0.1) is 0 Å². The first-order chi connectivity index (χ1) is 20.9. The van der Waals surface area contributed by atoms with Crippen molar-refractivity contribution in [1.29, 1.82) is 0 Å². The maximum atomic E-state index is 7.18. The third-order valence-electron chi connectivity index (χ3n) is 8.48.